The fourth-order valence-electron chi connectivity index (χ4n) is 1.88. The zero-order chi connectivity index (χ0) is 11.0. The van der Waals surface area contributed by atoms with Crippen molar-refractivity contribution in [2.45, 2.75) is 37.6 Å². The minimum absolute atomic E-state index is 0.0801. The number of nitrogens with one attached hydrogen (secondary N) is 2. The van der Waals surface area contributed by atoms with Gasteiger partial charge >= 0.3 is 6.01 Å². The van der Waals surface area contributed by atoms with Crippen LogP contribution >= 0.6 is 0 Å². The van der Waals surface area contributed by atoms with Crippen molar-refractivity contribution in [1.29, 1.82) is 0 Å². The monoisotopic (exact) mass is 222 g/mol. The highest BCUT2D eigenvalue weighted by Crippen LogP contribution is 2.39. The van der Waals surface area contributed by atoms with Gasteiger partial charge in [-0.3, -0.25) is 10.1 Å². The van der Waals surface area contributed by atoms with Crippen LogP contribution < -0.4 is 10.6 Å². The van der Waals surface area contributed by atoms with E-state index in [0.29, 0.717) is 11.8 Å². The summed E-state index contributed by atoms with van der Waals surface area (Å²) in [5.74, 6) is 0.987. The molecule has 0 radical (unpaired) electrons. The highest BCUT2D eigenvalue weighted by molar-refractivity contribution is 5.93. The van der Waals surface area contributed by atoms with Gasteiger partial charge in [0.25, 0.3) is 0 Å². The van der Waals surface area contributed by atoms with E-state index in [9.17, 15) is 4.79 Å². The van der Waals surface area contributed by atoms with Crippen molar-refractivity contribution in [3.05, 3.63) is 5.89 Å². The quantitative estimate of drug-likeness (QED) is 0.784. The van der Waals surface area contributed by atoms with Crippen LogP contribution in [-0.4, -0.2) is 28.7 Å². The summed E-state index contributed by atoms with van der Waals surface area (Å²) in [6, 6.07) is 0.108. The van der Waals surface area contributed by atoms with Gasteiger partial charge < -0.3 is 9.73 Å². The third-order valence-corrected chi connectivity index (χ3v) is 2.97. The summed E-state index contributed by atoms with van der Waals surface area (Å²) in [5.41, 5.74) is 0. The standard InChI is InChI=1S/C10H14N4O2/c15-8(7-2-1-5-11-7)12-10-14-13-9(16-10)6-3-4-6/h6-7,11H,1-5H2,(H,12,14,15). The van der Waals surface area contributed by atoms with Crippen molar-refractivity contribution in [3.8, 4) is 0 Å². The molecule has 2 aliphatic rings. The molecule has 0 bridgehead atoms. The van der Waals surface area contributed by atoms with E-state index in [1.165, 1.54) is 0 Å². The van der Waals surface area contributed by atoms with Gasteiger partial charge in [0.15, 0.2) is 0 Å². The fraction of sp³-hybridized carbons (Fsp3) is 0.700. The highest BCUT2D eigenvalue weighted by atomic mass is 16.4. The van der Waals surface area contributed by atoms with Crippen LogP contribution in [-0.2, 0) is 4.79 Å². The number of amides is 1. The molecule has 3 rings (SSSR count). The van der Waals surface area contributed by atoms with Gasteiger partial charge in [-0.05, 0) is 32.2 Å². The molecule has 1 aromatic heterocycles. The van der Waals surface area contributed by atoms with Crippen LogP contribution in [0.3, 0.4) is 0 Å². The Balaban J connectivity index is 1.61. The Morgan fingerprint density at radius 3 is 2.94 bits per heavy atom. The van der Waals surface area contributed by atoms with Crippen molar-refractivity contribution in [3.63, 3.8) is 0 Å². The van der Waals surface area contributed by atoms with Crippen LogP contribution in [0, 0.1) is 0 Å². The van der Waals surface area contributed by atoms with Crippen molar-refractivity contribution in [2.24, 2.45) is 0 Å². The minimum atomic E-state index is -0.115. The minimum Gasteiger partial charge on any atom is -0.408 e. The molecule has 1 aliphatic carbocycles. The largest absolute Gasteiger partial charge is 0.408 e. The molecule has 1 amide bonds. The second-order valence-electron chi connectivity index (χ2n) is 4.36. The maximum atomic E-state index is 11.7. The van der Waals surface area contributed by atoms with Crippen LogP contribution in [0.2, 0.25) is 0 Å². The number of aromatic nitrogens is 2. The first-order valence-corrected chi connectivity index (χ1v) is 5.70. The van der Waals surface area contributed by atoms with E-state index in [1.54, 1.807) is 0 Å². The first-order chi connectivity index (χ1) is 7.83. The lowest BCUT2D eigenvalue weighted by Gasteiger charge is -2.07. The topological polar surface area (TPSA) is 80.1 Å². The molecule has 16 heavy (non-hydrogen) atoms. The van der Waals surface area contributed by atoms with E-state index < -0.39 is 0 Å². The number of nitrogens with zero attached hydrogens (tertiary/aromatic N) is 2. The molecular weight excluding hydrogens is 208 g/mol. The zero-order valence-corrected chi connectivity index (χ0v) is 8.90. The number of carbonyl (C=O) groups is 1. The Bertz CT molecular complexity index is 393. The third-order valence-electron chi connectivity index (χ3n) is 2.97. The lowest BCUT2D eigenvalue weighted by molar-refractivity contribution is -0.117. The second-order valence-corrected chi connectivity index (χ2v) is 4.36. The van der Waals surface area contributed by atoms with Gasteiger partial charge in [-0.25, -0.2) is 0 Å². The van der Waals surface area contributed by atoms with Gasteiger partial charge in [0, 0.05) is 5.92 Å². The predicted molar refractivity (Wildman–Crippen MR) is 55.9 cm³/mol. The van der Waals surface area contributed by atoms with Crippen LogP contribution in [0.15, 0.2) is 4.42 Å². The summed E-state index contributed by atoms with van der Waals surface area (Å²) in [6.07, 6.45) is 4.13. The van der Waals surface area contributed by atoms with E-state index in [-0.39, 0.29) is 18.0 Å². The van der Waals surface area contributed by atoms with Crippen molar-refractivity contribution >= 4 is 11.9 Å². The summed E-state index contributed by atoms with van der Waals surface area (Å²) < 4.78 is 5.36. The Labute approximate surface area is 92.8 Å². The highest BCUT2D eigenvalue weighted by Gasteiger charge is 2.30. The molecule has 0 aromatic carbocycles. The van der Waals surface area contributed by atoms with E-state index in [4.69, 9.17) is 4.42 Å². The molecule has 1 saturated heterocycles. The van der Waals surface area contributed by atoms with Crippen LogP contribution in [0.25, 0.3) is 0 Å². The molecule has 0 spiro atoms. The molecule has 2 heterocycles. The van der Waals surface area contributed by atoms with Crippen molar-refractivity contribution in [1.82, 2.24) is 15.5 Å². The average Bonchev–Trinajstić information content (AvgIpc) is 2.82. The molecule has 1 atom stereocenters. The van der Waals surface area contributed by atoms with E-state index in [0.717, 1.165) is 32.2 Å². The Hall–Kier alpha value is -1.43. The third kappa shape index (κ3) is 1.92. The number of anilines is 1. The maximum Gasteiger partial charge on any atom is 0.322 e. The molecule has 6 heteroatoms. The van der Waals surface area contributed by atoms with Crippen LogP contribution in [0.1, 0.15) is 37.5 Å². The lowest BCUT2D eigenvalue weighted by atomic mass is 10.2. The summed E-state index contributed by atoms with van der Waals surface area (Å²) in [6.45, 7) is 0.898. The Morgan fingerprint density at radius 1 is 1.38 bits per heavy atom. The molecule has 1 aliphatic heterocycles. The SMILES string of the molecule is O=C(Nc1nnc(C2CC2)o1)C1CCCN1. The lowest BCUT2D eigenvalue weighted by Crippen LogP contribution is -2.35. The molecular formula is C10H14N4O2. The number of hydrogen-bond donors (Lipinski definition) is 2. The molecule has 6 nitrogen and oxygen atoms in total. The number of hydrogen-bond acceptors (Lipinski definition) is 5. The molecule has 1 saturated carbocycles. The molecule has 2 fully saturated rings. The van der Waals surface area contributed by atoms with E-state index in [1.807, 2.05) is 0 Å². The Kier molecular flexibility index (Phi) is 2.36. The van der Waals surface area contributed by atoms with Crippen molar-refractivity contribution < 1.29 is 9.21 Å². The summed E-state index contributed by atoms with van der Waals surface area (Å²) >= 11 is 0. The first-order valence-electron chi connectivity index (χ1n) is 5.70. The summed E-state index contributed by atoms with van der Waals surface area (Å²) in [7, 11) is 0. The average molecular weight is 222 g/mol. The molecule has 2 N–H and O–H groups in total. The van der Waals surface area contributed by atoms with Crippen molar-refractivity contribution in [2.75, 3.05) is 11.9 Å². The van der Waals surface area contributed by atoms with Gasteiger partial charge in [0.2, 0.25) is 11.8 Å². The first kappa shape index (κ1) is 9.77. The fourth-order valence-corrected chi connectivity index (χ4v) is 1.88. The van der Waals surface area contributed by atoms with Gasteiger partial charge in [-0.2, -0.15) is 0 Å². The summed E-state index contributed by atoms with van der Waals surface area (Å²) in [4.78, 5) is 11.7. The number of rotatable bonds is 3. The van der Waals surface area contributed by atoms with E-state index in [2.05, 4.69) is 20.8 Å². The van der Waals surface area contributed by atoms with Crippen LogP contribution in [0.5, 0.6) is 0 Å². The van der Waals surface area contributed by atoms with Gasteiger partial charge in [-0.1, -0.05) is 5.10 Å². The van der Waals surface area contributed by atoms with E-state index >= 15 is 0 Å². The number of carbonyl (C=O) groups excluding carboxylic acids is 1. The predicted octanol–water partition coefficient (Wildman–Crippen LogP) is 0.637. The van der Waals surface area contributed by atoms with Gasteiger partial charge in [0.1, 0.15) is 0 Å². The molecule has 86 valence electrons. The normalized spacial score (nSPS) is 24.6. The van der Waals surface area contributed by atoms with Gasteiger partial charge in [0.05, 0.1) is 6.04 Å². The molecule has 1 unspecified atom stereocenters. The zero-order valence-electron chi connectivity index (χ0n) is 8.90. The van der Waals surface area contributed by atoms with Crippen LogP contribution in [0.4, 0.5) is 6.01 Å². The smallest absolute Gasteiger partial charge is 0.322 e. The molecule has 1 aromatic rings. The maximum absolute atomic E-state index is 11.7. The second kappa shape index (κ2) is 3.86. The van der Waals surface area contributed by atoms with Gasteiger partial charge in [-0.15, -0.1) is 5.10 Å². The summed E-state index contributed by atoms with van der Waals surface area (Å²) in [5, 5.41) is 13.5. The Morgan fingerprint density at radius 2 is 2.25 bits per heavy atom.